The molecule has 0 bridgehead atoms. The number of hydrogen-bond acceptors (Lipinski definition) is 5. The maximum Gasteiger partial charge on any atom is 0.323 e. The molecule has 2 rings (SSSR count). The Labute approximate surface area is 126 Å². The summed E-state index contributed by atoms with van der Waals surface area (Å²) < 4.78 is 0. The molecule has 2 N–H and O–H groups in total. The van der Waals surface area contributed by atoms with Crippen molar-refractivity contribution >= 4 is 17.6 Å². The van der Waals surface area contributed by atoms with Gasteiger partial charge in [-0.15, -0.1) is 0 Å². The van der Waals surface area contributed by atoms with E-state index in [9.17, 15) is 9.59 Å². The van der Waals surface area contributed by atoms with Crippen LogP contribution in [0.15, 0.2) is 36.7 Å². The lowest BCUT2D eigenvalue weighted by Crippen LogP contribution is -2.34. The highest BCUT2D eigenvalue weighted by molar-refractivity contribution is 5.81. The molecule has 0 aliphatic carbocycles. The molecular weight excluding hydrogens is 286 g/mol. The molecule has 0 unspecified atom stereocenters. The maximum atomic E-state index is 11.0. The Hall–Kier alpha value is -2.96. The lowest BCUT2D eigenvalue weighted by Gasteiger charge is -2.23. The van der Waals surface area contributed by atoms with Gasteiger partial charge in [-0.1, -0.05) is 12.1 Å². The number of carboxylic acids is 2. The van der Waals surface area contributed by atoms with E-state index in [0.29, 0.717) is 17.1 Å². The molecule has 0 saturated carbocycles. The summed E-state index contributed by atoms with van der Waals surface area (Å²) >= 11 is 0. The van der Waals surface area contributed by atoms with Gasteiger partial charge in [0.1, 0.15) is 13.1 Å². The Kier molecular flexibility index (Phi) is 4.67. The van der Waals surface area contributed by atoms with Crippen LogP contribution in [-0.2, 0) is 9.59 Å². The molecule has 1 aromatic heterocycles. The van der Waals surface area contributed by atoms with Crippen molar-refractivity contribution in [2.75, 3.05) is 18.0 Å². The quantitative estimate of drug-likeness (QED) is 0.831. The standard InChI is InChI=1S/C15H15N3O4/c1-10-3-4-11(15-16-5-2-6-17-15)7-12(10)18(8-13(19)20)9-14(21)22/h2-7H,8-9H2,1H3,(H,19,20)(H,21,22). The number of hydrogen-bond donors (Lipinski definition) is 2. The van der Waals surface area contributed by atoms with Crippen molar-refractivity contribution in [3.8, 4) is 11.4 Å². The molecule has 7 heteroatoms. The molecule has 0 aliphatic rings. The van der Waals surface area contributed by atoms with Crippen LogP contribution in [0.4, 0.5) is 5.69 Å². The number of rotatable bonds is 6. The zero-order valence-electron chi connectivity index (χ0n) is 11.9. The second-order valence-electron chi connectivity index (χ2n) is 4.72. The molecule has 0 atom stereocenters. The van der Waals surface area contributed by atoms with Crippen molar-refractivity contribution < 1.29 is 19.8 Å². The summed E-state index contributed by atoms with van der Waals surface area (Å²) in [5, 5.41) is 18.0. The molecule has 1 aromatic carbocycles. The highest BCUT2D eigenvalue weighted by Crippen LogP contribution is 2.26. The molecule has 1 heterocycles. The van der Waals surface area contributed by atoms with Gasteiger partial charge in [0.25, 0.3) is 0 Å². The fourth-order valence-corrected chi connectivity index (χ4v) is 2.09. The number of carboxylic acid groups (broad SMARTS) is 2. The van der Waals surface area contributed by atoms with Gasteiger partial charge < -0.3 is 15.1 Å². The zero-order valence-corrected chi connectivity index (χ0v) is 11.9. The maximum absolute atomic E-state index is 11.0. The minimum atomic E-state index is -1.10. The second kappa shape index (κ2) is 6.66. The number of anilines is 1. The zero-order chi connectivity index (χ0) is 16.1. The minimum absolute atomic E-state index is 0.397. The minimum Gasteiger partial charge on any atom is -0.480 e. The molecule has 0 radical (unpaired) electrons. The molecule has 0 spiro atoms. The van der Waals surface area contributed by atoms with Crippen molar-refractivity contribution in [3.63, 3.8) is 0 Å². The van der Waals surface area contributed by atoms with E-state index < -0.39 is 25.0 Å². The Bertz CT molecular complexity index is 672. The average Bonchev–Trinajstić information content (AvgIpc) is 2.47. The first-order valence-corrected chi connectivity index (χ1v) is 6.54. The van der Waals surface area contributed by atoms with Gasteiger partial charge in [-0.2, -0.15) is 0 Å². The summed E-state index contributed by atoms with van der Waals surface area (Å²) in [5.41, 5.74) is 2.01. The molecule has 2 aromatic rings. The third-order valence-corrected chi connectivity index (χ3v) is 3.03. The van der Waals surface area contributed by atoms with Gasteiger partial charge in [0, 0.05) is 23.6 Å². The Morgan fingerprint density at radius 3 is 2.23 bits per heavy atom. The SMILES string of the molecule is Cc1ccc(-c2ncccn2)cc1N(CC(=O)O)CC(=O)O. The Morgan fingerprint density at radius 1 is 1.09 bits per heavy atom. The van der Waals surface area contributed by atoms with Crippen molar-refractivity contribution in [1.29, 1.82) is 0 Å². The lowest BCUT2D eigenvalue weighted by atomic mass is 10.1. The van der Waals surface area contributed by atoms with Crippen LogP contribution in [0.25, 0.3) is 11.4 Å². The Morgan fingerprint density at radius 2 is 1.68 bits per heavy atom. The molecular formula is C15H15N3O4. The highest BCUT2D eigenvalue weighted by Gasteiger charge is 2.17. The average molecular weight is 301 g/mol. The van der Waals surface area contributed by atoms with Gasteiger partial charge in [0.2, 0.25) is 0 Å². The van der Waals surface area contributed by atoms with E-state index >= 15 is 0 Å². The largest absolute Gasteiger partial charge is 0.480 e. The third kappa shape index (κ3) is 3.78. The number of aliphatic carboxylic acids is 2. The summed E-state index contributed by atoms with van der Waals surface area (Å²) in [6.07, 6.45) is 3.21. The number of aryl methyl sites for hydroxylation is 1. The number of benzene rings is 1. The monoisotopic (exact) mass is 301 g/mol. The fraction of sp³-hybridized carbons (Fsp3) is 0.200. The van der Waals surface area contributed by atoms with Crippen molar-refractivity contribution in [3.05, 3.63) is 42.2 Å². The number of nitrogens with zero attached hydrogens (tertiary/aromatic N) is 3. The molecule has 0 aliphatic heterocycles. The van der Waals surface area contributed by atoms with Crippen LogP contribution in [0, 0.1) is 6.92 Å². The molecule has 7 nitrogen and oxygen atoms in total. The summed E-state index contributed by atoms with van der Waals surface area (Å²) in [5.74, 6) is -1.70. The van der Waals surface area contributed by atoms with E-state index in [4.69, 9.17) is 10.2 Å². The van der Waals surface area contributed by atoms with E-state index in [0.717, 1.165) is 5.56 Å². The van der Waals surface area contributed by atoms with Crippen molar-refractivity contribution in [1.82, 2.24) is 9.97 Å². The van der Waals surface area contributed by atoms with Crippen LogP contribution in [0.3, 0.4) is 0 Å². The third-order valence-electron chi connectivity index (χ3n) is 3.03. The number of aromatic nitrogens is 2. The van der Waals surface area contributed by atoms with Crippen LogP contribution in [-0.4, -0.2) is 45.2 Å². The van der Waals surface area contributed by atoms with Gasteiger partial charge in [-0.3, -0.25) is 9.59 Å². The predicted molar refractivity (Wildman–Crippen MR) is 79.7 cm³/mol. The van der Waals surface area contributed by atoms with E-state index in [1.54, 1.807) is 37.5 Å². The summed E-state index contributed by atoms with van der Waals surface area (Å²) in [7, 11) is 0. The van der Waals surface area contributed by atoms with E-state index in [-0.39, 0.29) is 0 Å². The second-order valence-corrected chi connectivity index (χ2v) is 4.72. The molecule has 114 valence electrons. The van der Waals surface area contributed by atoms with Crippen molar-refractivity contribution in [2.24, 2.45) is 0 Å². The normalized spacial score (nSPS) is 10.2. The molecule has 22 heavy (non-hydrogen) atoms. The van der Waals surface area contributed by atoms with Gasteiger partial charge >= 0.3 is 11.9 Å². The molecule has 0 saturated heterocycles. The van der Waals surface area contributed by atoms with Crippen LogP contribution >= 0.6 is 0 Å². The summed E-state index contributed by atoms with van der Waals surface area (Å²) in [6.45, 7) is 1.00. The van der Waals surface area contributed by atoms with Crippen LogP contribution < -0.4 is 4.90 Å². The van der Waals surface area contributed by atoms with Crippen LogP contribution in [0.5, 0.6) is 0 Å². The first-order chi connectivity index (χ1) is 10.5. The first kappa shape index (κ1) is 15.4. The van der Waals surface area contributed by atoms with Crippen molar-refractivity contribution in [2.45, 2.75) is 6.92 Å². The fourth-order valence-electron chi connectivity index (χ4n) is 2.09. The van der Waals surface area contributed by atoms with E-state index in [1.807, 2.05) is 6.07 Å². The van der Waals surface area contributed by atoms with E-state index in [1.165, 1.54) is 4.90 Å². The molecule has 0 fully saturated rings. The van der Waals surface area contributed by atoms with Crippen LogP contribution in [0.1, 0.15) is 5.56 Å². The topological polar surface area (TPSA) is 104 Å². The predicted octanol–water partition coefficient (Wildman–Crippen LogP) is 1.43. The van der Waals surface area contributed by atoms with Crippen LogP contribution in [0.2, 0.25) is 0 Å². The lowest BCUT2D eigenvalue weighted by molar-refractivity contribution is -0.136. The smallest absolute Gasteiger partial charge is 0.323 e. The summed E-state index contributed by atoms with van der Waals surface area (Å²) in [6, 6.07) is 7.00. The number of carbonyl (C=O) groups is 2. The first-order valence-electron chi connectivity index (χ1n) is 6.54. The van der Waals surface area contributed by atoms with Gasteiger partial charge in [0.15, 0.2) is 5.82 Å². The highest BCUT2D eigenvalue weighted by atomic mass is 16.4. The molecule has 0 amide bonds. The van der Waals surface area contributed by atoms with Gasteiger partial charge in [-0.05, 0) is 24.6 Å². The van der Waals surface area contributed by atoms with Gasteiger partial charge in [-0.25, -0.2) is 9.97 Å². The van der Waals surface area contributed by atoms with E-state index in [2.05, 4.69) is 9.97 Å². The van der Waals surface area contributed by atoms with Gasteiger partial charge in [0.05, 0.1) is 0 Å². The Balaban J connectivity index is 2.43. The summed E-state index contributed by atoms with van der Waals surface area (Å²) in [4.78, 5) is 31.5.